The van der Waals surface area contributed by atoms with Gasteiger partial charge in [-0.3, -0.25) is 0 Å². The Morgan fingerprint density at radius 1 is 0.300 bits per heavy atom. The third-order valence-electron chi connectivity index (χ3n) is 5.60. The lowest BCUT2D eigenvalue weighted by Crippen LogP contribution is -2.08. The van der Waals surface area contributed by atoms with Gasteiger partial charge in [0, 0.05) is 20.2 Å². The molecule has 0 N–H and O–H groups in total. The Hall–Kier alpha value is -3.34. The zero-order chi connectivity index (χ0) is 28.4. The molecule has 0 aromatic heterocycles. The molecule has 0 amide bonds. The summed E-state index contributed by atoms with van der Waals surface area (Å²) < 4.78 is 108. The van der Waals surface area contributed by atoms with Gasteiger partial charge in [-0.05, 0) is 36.4 Å². The number of hydrogen-bond donors (Lipinski definition) is 0. The minimum atomic E-state index is -1.98. The van der Waals surface area contributed by atoms with Crippen molar-refractivity contribution in [1.29, 1.82) is 0 Å². The molecular formula is C30H15F7S3. The second-order valence-corrected chi connectivity index (χ2v) is 11.4. The molecule has 0 unspecified atom stereocenters. The highest BCUT2D eigenvalue weighted by Gasteiger charge is 2.34. The number of halogens is 7. The zero-order valence-corrected chi connectivity index (χ0v) is 22.5. The summed E-state index contributed by atoms with van der Waals surface area (Å²) in [6, 6.07) is 23.5. The number of rotatable bonds is 7. The van der Waals surface area contributed by atoms with E-state index in [0.29, 0.717) is 45.1 Å². The third kappa shape index (κ3) is 5.48. The van der Waals surface area contributed by atoms with Crippen molar-refractivity contribution in [1.82, 2.24) is 0 Å². The summed E-state index contributed by atoms with van der Waals surface area (Å²) in [6.07, 6.45) is 0. The van der Waals surface area contributed by atoms with Crippen LogP contribution in [-0.4, -0.2) is 0 Å². The quantitative estimate of drug-likeness (QED) is 0.134. The minimum absolute atomic E-state index is 0.276. The molecule has 0 atom stereocenters. The van der Waals surface area contributed by atoms with Gasteiger partial charge >= 0.3 is 0 Å². The van der Waals surface area contributed by atoms with Crippen molar-refractivity contribution in [2.24, 2.45) is 0 Å². The topological polar surface area (TPSA) is 0 Å². The Balaban J connectivity index is 1.74. The highest BCUT2D eigenvalue weighted by atomic mass is 32.2. The van der Waals surface area contributed by atoms with E-state index in [1.54, 1.807) is 54.6 Å². The van der Waals surface area contributed by atoms with E-state index in [0.717, 1.165) is 0 Å². The van der Waals surface area contributed by atoms with Crippen molar-refractivity contribution in [2.45, 2.75) is 29.4 Å². The highest BCUT2D eigenvalue weighted by molar-refractivity contribution is 8.00. The zero-order valence-electron chi connectivity index (χ0n) is 20.0. The van der Waals surface area contributed by atoms with E-state index in [-0.39, 0.29) is 4.90 Å². The summed E-state index contributed by atoms with van der Waals surface area (Å²) in [5.41, 5.74) is -2.80. The Morgan fingerprint density at radius 3 is 0.975 bits per heavy atom. The van der Waals surface area contributed by atoms with Crippen LogP contribution in [0.3, 0.4) is 0 Å². The lowest BCUT2D eigenvalue weighted by Gasteiger charge is -2.18. The van der Waals surface area contributed by atoms with Crippen molar-refractivity contribution < 1.29 is 30.7 Å². The van der Waals surface area contributed by atoms with Gasteiger partial charge < -0.3 is 0 Å². The van der Waals surface area contributed by atoms with Crippen molar-refractivity contribution in [3.8, 4) is 11.1 Å². The first-order valence-corrected chi connectivity index (χ1v) is 14.0. The lowest BCUT2D eigenvalue weighted by molar-refractivity contribution is 0.425. The van der Waals surface area contributed by atoms with Gasteiger partial charge in [0.1, 0.15) is 0 Å². The van der Waals surface area contributed by atoms with Gasteiger partial charge in [0.2, 0.25) is 0 Å². The third-order valence-corrected chi connectivity index (χ3v) is 8.84. The Morgan fingerprint density at radius 2 is 0.600 bits per heavy atom. The molecule has 0 radical (unpaired) electrons. The smallest absolute Gasteiger partial charge is 0.176 e. The van der Waals surface area contributed by atoms with E-state index in [1.165, 1.54) is 36.4 Å². The fourth-order valence-corrected chi connectivity index (χ4v) is 6.63. The van der Waals surface area contributed by atoms with Gasteiger partial charge in [0.15, 0.2) is 40.7 Å². The fourth-order valence-electron chi connectivity index (χ4n) is 3.77. The monoisotopic (exact) mass is 604 g/mol. The van der Waals surface area contributed by atoms with Gasteiger partial charge in [-0.1, -0.05) is 89.9 Å². The molecule has 0 spiro atoms. The predicted molar refractivity (Wildman–Crippen MR) is 143 cm³/mol. The lowest BCUT2D eigenvalue weighted by atomic mass is 10.0. The summed E-state index contributed by atoms with van der Waals surface area (Å²) in [4.78, 5) is -1.58. The molecule has 0 aliphatic heterocycles. The molecule has 40 heavy (non-hydrogen) atoms. The van der Waals surface area contributed by atoms with Crippen LogP contribution in [0.25, 0.3) is 11.1 Å². The first-order valence-electron chi connectivity index (χ1n) is 11.5. The summed E-state index contributed by atoms with van der Waals surface area (Å²) in [5.74, 6) is -12.5. The highest BCUT2D eigenvalue weighted by Crippen LogP contribution is 2.48. The van der Waals surface area contributed by atoms with Crippen molar-refractivity contribution in [3.05, 3.63) is 132 Å². The Bertz CT molecular complexity index is 1650. The molecule has 5 rings (SSSR count). The maximum atomic E-state index is 16.0. The van der Waals surface area contributed by atoms with Crippen LogP contribution in [0.1, 0.15) is 0 Å². The second-order valence-electron chi connectivity index (χ2n) is 8.18. The Kier molecular flexibility index (Phi) is 8.48. The molecule has 0 aliphatic carbocycles. The molecule has 0 bridgehead atoms. The molecule has 5 aromatic carbocycles. The second kappa shape index (κ2) is 12.0. The average molecular weight is 605 g/mol. The summed E-state index contributed by atoms with van der Waals surface area (Å²) in [7, 11) is 0. The normalized spacial score (nSPS) is 11.2. The maximum absolute atomic E-state index is 16.0. The molecule has 0 saturated heterocycles. The summed E-state index contributed by atoms with van der Waals surface area (Å²) >= 11 is 1.51. The molecular weight excluding hydrogens is 590 g/mol. The average Bonchev–Trinajstić information content (AvgIpc) is 2.98. The van der Waals surface area contributed by atoms with Crippen LogP contribution in [0, 0.1) is 40.7 Å². The van der Waals surface area contributed by atoms with E-state index in [9.17, 15) is 0 Å². The summed E-state index contributed by atoms with van der Waals surface area (Å²) in [5, 5.41) is 0. The number of hydrogen-bond acceptors (Lipinski definition) is 3. The van der Waals surface area contributed by atoms with E-state index >= 15 is 30.7 Å². The van der Waals surface area contributed by atoms with E-state index in [4.69, 9.17) is 0 Å². The predicted octanol–water partition coefficient (Wildman–Crippen LogP) is 10.8. The first kappa shape index (κ1) is 28.2. The minimum Gasteiger partial charge on any atom is -0.204 e. The molecule has 0 saturated carbocycles. The van der Waals surface area contributed by atoms with E-state index in [1.807, 2.05) is 0 Å². The van der Waals surface area contributed by atoms with Crippen LogP contribution in [-0.2, 0) is 0 Å². The van der Waals surface area contributed by atoms with Crippen molar-refractivity contribution >= 4 is 35.3 Å². The van der Waals surface area contributed by atoms with Gasteiger partial charge in [-0.2, -0.15) is 0 Å². The molecule has 10 heteroatoms. The molecule has 0 nitrogen and oxygen atoms in total. The fraction of sp³-hybridized carbons (Fsp3) is 0. The molecule has 0 heterocycles. The van der Waals surface area contributed by atoms with Crippen LogP contribution in [0.4, 0.5) is 30.7 Å². The molecule has 5 aromatic rings. The van der Waals surface area contributed by atoms with Gasteiger partial charge in [0.05, 0.1) is 20.2 Å². The Labute approximate surface area is 237 Å². The van der Waals surface area contributed by atoms with Crippen LogP contribution < -0.4 is 0 Å². The van der Waals surface area contributed by atoms with E-state index in [2.05, 4.69) is 0 Å². The SMILES string of the molecule is Fc1c(F)c(-c2c(F)c(F)c(Sc3ccccc3)c(F)c2Sc2ccccc2)c(F)c(F)c1Sc1ccccc1. The van der Waals surface area contributed by atoms with Gasteiger partial charge in [-0.15, -0.1) is 0 Å². The first-order chi connectivity index (χ1) is 19.3. The largest absolute Gasteiger partial charge is 0.204 e. The maximum Gasteiger partial charge on any atom is 0.176 e. The molecule has 202 valence electrons. The standard InChI is InChI=1S/C30H15F7S3/c31-21-19(22(32)25(35)29(24(21)34)39-17-12-6-2-7-13-17)20-23(33)26(36)30(40-18-14-8-3-9-15-18)27(37)28(20)38-16-10-4-1-5-11-16/h1-15H. The van der Waals surface area contributed by atoms with Crippen LogP contribution in [0.2, 0.25) is 0 Å². The van der Waals surface area contributed by atoms with Crippen LogP contribution in [0.15, 0.2) is 120 Å². The molecule has 0 fully saturated rings. The van der Waals surface area contributed by atoms with Gasteiger partial charge in [-0.25, -0.2) is 30.7 Å². The van der Waals surface area contributed by atoms with Crippen molar-refractivity contribution in [3.63, 3.8) is 0 Å². The number of benzene rings is 5. The van der Waals surface area contributed by atoms with Crippen LogP contribution >= 0.6 is 35.3 Å². The van der Waals surface area contributed by atoms with E-state index < -0.39 is 66.5 Å². The van der Waals surface area contributed by atoms with Crippen molar-refractivity contribution in [2.75, 3.05) is 0 Å². The molecule has 0 aliphatic rings. The van der Waals surface area contributed by atoms with Gasteiger partial charge in [0.25, 0.3) is 0 Å². The van der Waals surface area contributed by atoms with Crippen LogP contribution in [0.5, 0.6) is 0 Å². The summed E-state index contributed by atoms with van der Waals surface area (Å²) in [6.45, 7) is 0.